The van der Waals surface area contributed by atoms with Crippen LogP contribution in [0.15, 0.2) is 6.20 Å². The summed E-state index contributed by atoms with van der Waals surface area (Å²) >= 11 is 0. The van der Waals surface area contributed by atoms with Crippen LogP contribution in [0.1, 0.15) is 0 Å². The minimum atomic E-state index is -0.463. The summed E-state index contributed by atoms with van der Waals surface area (Å²) in [7, 11) is 1.67. The smallest absolute Gasteiger partial charge is 0.329 e. The minimum Gasteiger partial charge on any atom is -0.395 e. The van der Waals surface area contributed by atoms with Crippen LogP contribution in [0.25, 0.3) is 0 Å². The number of aliphatic hydroxyl groups excluding tert-OH is 1. The first-order chi connectivity index (χ1) is 9.65. The molecule has 2 N–H and O–H groups in total. The predicted octanol–water partition coefficient (Wildman–Crippen LogP) is -0.459. The molecular weight excluding hydrogens is 264 g/mol. The Morgan fingerprint density at radius 1 is 1.45 bits per heavy atom. The summed E-state index contributed by atoms with van der Waals surface area (Å²) in [5.41, 5.74) is -0.0837. The third-order valence-electron chi connectivity index (χ3n) is 3.26. The molecule has 110 valence electrons. The fourth-order valence-corrected chi connectivity index (χ4v) is 2.17. The largest absolute Gasteiger partial charge is 0.395 e. The number of piperazine rings is 1. The molecule has 9 heteroatoms. The van der Waals surface area contributed by atoms with E-state index >= 15 is 0 Å². The molecule has 1 aromatic rings. The van der Waals surface area contributed by atoms with Crippen LogP contribution in [-0.4, -0.2) is 71.3 Å². The number of rotatable bonds is 5. The van der Waals surface area contributed by atoms with Crippen molar-refractivity contribution in [1.29, 1.82) is 0 Å². The zero-order chi connectivity index (χ0) is 14.5. The maximum Gasteiger partial charge on any atom is 0.329 e. The van der Waals surface area contributed by atoms with Crippen molar-refractivity contribution in [2.75, 3.05) is 56.6 Å². The summed E-state index contributed by atoms with van der Waals surface area (Å²) in [6.07, 6.45) is 1.23. The number of nitro groups is 1. The van der Waals surface area contributed by atoms with Gasteiger partial charge in [0.2, 0.25) is 11.8 Å². The molecule has 0 saturated carbocycles. The average Bonchev–Trinajstić information content (AvgIpc) is 2.47. The molecule has 20 heavy (non-hydrogen) atoms. The molecule has 0 atom stereocenters. The monoisotopic (exact) mass is 282 g/mol. The predicted molar refractivity (Wildman–Crippen MR) is 74.0 cm³/mol. The lowest BCUT2D eigenvalue weighted by molar-refractivity contribution is -0.384. The quantitative estimate of drug-likeness (QED) is 0.552. The number of nitrogens with one attached hydrogen (secondary N) is 1. The maximum atomic E-state index is 11.1. The molecule has 0 unspecified atom stereocenters. The molecule has 0 bridgehead atoms. The van der Waals surface area contributed by atoms with E-state index in [0.717, 1.165) is 13.1 Å². The normalized spacial score (nSPS) is 16.2. The second-order valence-electron chi connectivity index (χ2n) is 4.46. The van der Waals surface area contributed by atoms with Crippen molar-refractivity contribution in [1.82, 2.24) is 14.9 Å². The second-order valence-corrected chi connectivity index (χ2v) is 4.46. The minimum absolute atomic E-state index is 0.0837. The van der Waals surface area contributed by atoms with Gasteiger partial charge in [-0.3, -0.25) is 15.0 Å². The van der Waals surface area contributed by atoms with Gasteiger partial charge < -0.3 is 15.3 Å². The van der Waals surface area contributed by atoms with Gasteiger partial charge in [-0.25, -0.2) is 4.98 Å². The van der Waals surface area contributed by atoms with Gasteiger partial charge in [-0.2, -0.15) is 4.98 Å². The zero-order valence-electron chi connectivity index (χ0n) is 11.3. The van der Waals surface area contributed by atoms with E-state index < -0.39 is 4.92 Å². The van der Waals surface area contributed by atoms with Crippen LogP contribution in [0.2, 0.25) is 0 Å². The molecule has 0 radical (unpaired) electrons. The molecule has 9 nitrogen and oxygen atoms in total. The lowest BCUT2D eigenvalue weighted by Gasteiger charge is -2.34. The van der Waals surface area contributed by atoms with Crippen LogP contribution in [-0.2, 0) is 0 Å². The van der Waals surface area contributed by atoms with Crippen molar-refractivity contribution in [2.45, 2.75) is 0 Å². The molecule has 0 amide bonds. The Morgan fingerprint density at radius 2 is 2.15 bits per heavy atom. The van der Waals surface area contributed by atoms with Gasteiger partial charge in [0.05, 0.1) is 11.5 Å². The number of hydrogen-bond donors (Lipinski definition) is 2. The highest BCUT2D eigenvalue weighted by atomic mass is 16.6. The lowest BCUT2D eigenvalue weighted by Crippen LogP contribution is -2.47. The van der Waals surface area contributed by atoms with E-state index in [1.165, 1.54) is 6.20 Å². The summed E-state index contributed by atoms with van der Waals surface area (Å²) in [6, 6.07) is 0. The van der Waals surface area contributed by atoms with Crippen molar-refractivity contribution in [3.8, 4) is 0 Å². The van der Waals surface area contributed by atoms with Crippen LogP contribution in [0.4, 0.5) is 17.5 Å². The Hall–Kier alpha value is -2.00. The van der Waals surface area contributed by atoms with E-state index in [4.69, 9.17) is 5.11 Å². The molecule has 1 fully saturated rings. The first-order valence-corrected chi connectivity index (χ1v) is 6.43. The molecular formula is C11H18N6O3. The summed E-state index contributed by atoms with van der Waals surface area (Å²) in [5.74, 6) is 0.710. The summed E-state index contributed by atoms with van der Waals surface area (Å²) in [5, 5.41) is 22.8. The molecule has 0 spiro atoms. The Morgan fingerprint density at radius 3 is 2.70 bits per heavy atom. The van der Waals surface area contributed by atoms with E-state index in [0.29, 0.717) is 31.4 Å². The Bertz CT molecular complexity index is 475. The van der Waals surface area contributed by atoms with Crippen molar-refractivity contribution in [3.05, 3.63) is 16.3 Å². The third-order valence-corrected chi connectivity index (χ3v) is 3.26. The van der Waals surface area contributed by atoms with Crippen LogP contribution in [0, 0.1) is 10.1 Å². The standard InChI is InChI=1S/C11H18N6O3/c1-12-11-13-8-9(17(19)20)10(14-11)16-4-2-15(3-5-16)6-7-18/h8,18H,2-7H2,1H3,(H,12,13,14). The van der Waals surface area contributed by atoms with Gasteiger partial charge >= 0.3 is 5.69 Å². The SMILES string of the molecule is CNc1ncc([N+](=O)[O-])c(N2CCN(CCO)CC2)n1. The number of β-amino-alcohol motifs (C(OH)–C–C–N with tert-alkyl or cyclic N) is 1. The van der Waals surface area contributed by atoms with Gasteiger partial charge in [0.1, 0.15) is 6.20 Å². The van der Waals surface area contributed by atoms with E-state index in [1.54, 1.807) is 7.05 Å². The Kier molecular flexibility index (Phi) is 4.64. The molecule has 1 saturated heterocycles. The molecule has 1 aliphatic heterocycles. The van der Waals surface area contributed by atoms with Gasteiger partial charge in [-0.1, -0.05) is 0 Å². The second kappa shape index (κ2) is 6.44. The van der Waals surface area contributed by atoms with Crippen molar-refractivity contribution < 1.29 is 10.0 Å². The van der Waals surface area contributed by atoms with E-state index in [2.05, 4.69) is 20.2 Å². The van der Waals surface area contributed by atoms with Crippen molar-refractivity contribution >= 4 is 17.5 Å². The van der Waals surface area contributed by atoms with E-state index in [-0.39, 0.29) is 12.3 Å². The van der Waals surface area contributed by atoms with E-state index in [9.17, 15) is 10.1 Å². The maximum absolute atomic E-state index is 11.1. The fourth-order valence-electron chi connectivity index (χ4n) is 2.17. The highest BCUT2D eigenvalue weighted by molar-refractivity contribution is 5.59. The average molecular weight is 282 g/mol. The third kappa shape index (κ3) is 3.11. The van der Waals surface area contributed by atoms with Gasteiger partial charge in [-0.15, -0.1) is 0 Å². The first-order valence-electron chi connectivity index (χ1n) is 6.43. The highest BCUT2D eigenvalue weighted by Crippen LogP contribution is 2.26. The Balaban J connectivity index is 2.17. The topological polar surface area (TPSA) is 108 Å². The van der Waals surface area contributed by atoms with Crippen molar-refractivity contribution in [2.24, 2.45) is 0 Å². The molecule has 0 aliphatic carbocycles. The molecule has 2 heterocycles. The lowest BCUT2D eigenvalue weighted by atomic mass is 10.3. The highest BCUT2D eigenvalue weighted by Gasteiger charge is 2.25. The molecule has 0 aromatic carbocycles. The number of aliphatic hydroxyl groups is 1. The van der Waals surface area contributed by atoms with E-state index in [1.807, 2.05) is 4.90 Å². The first kappa shape index (κ1) is 14.4. The van der Waals surface area contributed by atoms with Crippen molar-refractivity contribution in [3.63, 3.8) is 0 Å². The van der Waals surface area contributed by atoms with Crippen LogP contribution in [0.3, 0.4) is 0 Å². The number of anilines is 2. The number of nitrogens with zero attached hydrogens (tertiary/aromatic N) is 5. The summed E-state index contributed by atoms with van der Waals surface area (Å²) in [4.78, 5) is 22.7. The van der Waals surface area contributed by atoms with Crippen LogP contribution < -0.4 is 10.2 Å². The Labute approximate surface area is 116 Å². The van der Waals surface area contributed by atoms with Gasteiger partial charge in [0.25, 0.3) is 0 Å². The summed E-state index contributed by atoms with van der Waals surface area (Å²) < 4.78 is 0. The molecule has 2 rings (SSSR count). The molecule has 1 aromatic heterocycles. The summed E-state index contributed by atoms with van der Waals surface area (Å²) in [6.45, 7) is 3.52. The number of aromatic nitrogens is 2. The fraction of sp³-hybridized carbons (Fsp3) is 0.636. The van der Waals surface area contributed by atoms with Gasteiger partial charge in [0.15, 0.2) is 0 Å². The molecule has 1 aliphatic rings. The zero-order valence-corrected chi connectivity index (χ0v) is 11.3. The number of hydrogen-bond acceptors (Lipinski definition) is 8. The van der Waals surface area contributed by atoms with Crippen LogP contribution >= 0.6 is 0 Å². The van der Waals surface area contributed by atoms with Crippen LogP contribution in [0.5, 0.6) is 0 Å². The van der Waals surface area contributed by atoms with Gasteiger partial charge in [0, 0.05) is 39.8 Å². The van der Waals surface area contributed by atoms with Gasteiger partial charge in [-0.05, 0) is 0 Å².